The molecule has 0 radical (unpaired) electrons. The van der Waals surface area contributed by atoms with E-state index in [2.05, 4.69) is 28.4 Å². The van der Waals surface area contributed by atoms with Crippen LogP contribution in [0, 0.1) is 0 Å². The number of nitrogens with one attached hydrogen (secondary N) is 1. The van der Waals surface area contributed by atoms with E-state index in [1.807, 2.05) is 0 Å². The molecule has 3 heteroatoms. The first-order valence-electron chi connectivity index (χ1n) is 6.57. The second-order valence-corrected chi connectivity index (χ2v) is 4.91. The van der Waals surface area contributed by atoms with E-state index in [0.29, 0.717) is 0 Å². The van der Waals surface area contributed by atoms with Gasteiger partial charge in [0.15, 0.2) is 0 Å². The molecule has 2 aliphatic rings. The van der Waals surface area contributed by atoms with Gasteiger partial charge in [0.25, 0.3) is 0 Å². The minimum Gasteiger partial charge on any atom is -0.385 e. The minimum atomic E-state index is 0.881. The van der Waals surface area contributed by atoms with Gasteiger partial charge in [-0.25, -0.2) is 0 Å². The molecular weight excluding hydrogens is 212 g/mol. The minimum absolute atomic E-state index is 0.881. The van der Waals surface area contributed by atoms with Crippen molar-refractivity contribution in [1.82, 2.24) is 4.90 Å². The summed E-state index contributed by atoms with van der Waals surface area (Å²) in [5.41, 5.74) is 4.26. The number of morpholine rings is 1. The highest BCUT2D eigenvalue weighted by molar-refractivity contribution is 5.54. The maximum Gasteiger partial charge on any atom is 0.0594 e. The monoisotopic (exact) mass is 232 g/mol. The summed E-state index contributed by atoms with van der Waals surface area (Å²) in [6.45, 7) is 6.08. The molecule has 0 aromatic heterocycles. The van der Waals surface area contributed by atoms with Crippen LogP contribution >= 0.6 is 0 Å². The zero-order valence-electron chi connectivity index (χ0n) is 10.2. The van der Waals surface area contributed by atoms with E-state index in [9.17, 15) is 0 Å². The van der Waals surface area contributed by atoms with E-state index < -0.39 is 0 Å². The Morgan fingerprint density at radius 2 is 2.12 bits per heavy atom. The predicted molar refractivity (Wildman–Crippen MR) is 69.3 cm³/mol. The van der Waals surface area contributed by atoms with Crippen LogP contribution in [0.3, 0.4) is 0 Å². The van der Waals surface area contributed by atoms with Crippen LogP contribution in [0.2, 0.25) is 0 Å². The van der Waals surface area contributed by atoms with Crippen molar-refractivity contribution in [3.8, 4) is 0 Å². The number of nitrogens with zero attached hydrogens (tertiary/aromatic N) is 1. The number of benzene rings is 1. The van der Waals surface area contributed by atoms with Gasteiger partial charge < -0.3 is 10.1 Å². The summed E-state index contributed by atoms with van der Waals surface area (Å²) in [4.78, 5) is 2.47. The SMILES string of the molecule is c1cc2c(cc1CN1CCOCC1)CCCN2. The van der Waals surface area contributed by atoms with Crippen LogP contribution in [0.15, 0.2) is 18.2 Å². The van der Waals surface area contributed by atoms with Crippen molar-refractivity contribution in [2.75, 3.05) is 38.2 Å². The molecule has 1 saturated heterocycles. The first kappa shape index (κ1) is 11.1. The third kappa shape index (κ3) is 2.61. The van der Waals surface area contributed by atoms with Crippen LogP contribution in [-0.4, -0.2) is 37.7 Å². The lowest BCUT2D eigenvalue weighted by Gasteiger charge is -2.27. The lowest BCUT2D eigenvalue weighted by Crippen LogP contribution is -2.35. The average Bonchev–Trinajstić information content (AvgIpc) is 2.40. The molecule has 0 amide bonds. The third-order valence-corrected chi connectivity index (χ3v) is 3.62. The maximum atomic E-state index is 5.38. The van der Waals surface area contributed by atoms with Crippen molar-refractivity contribution < 1.29 is 4.74 Å². The quantitative estimate of drug-likeness (QED) is 0.842. The van der Waals surface area contributed by atoms with Gasteiger partial charge in [-0.15, -0.1) is 0 Å². The van der Waals surface area contributed by atoms with Crippen molar-refractivity contribution in [2.45, 2.75) is 19.4 Å². The van der Waals surface area contributed by atoms with Gasteiger partial charge >= 0.3 is 0 Å². The van der Waals surface area contributed by atoms with Gasteiger partial charge in [-0.1, -0.05) is 12.1 Å². The van der Waals surface area contributed by atoms with Gasteiger partial charge in [0.2, 0.25) is 0 Å². The van der Waals surface area contributed by atoms with Crippen molar-refractivity contribution in [2.24, 2.45) is 0 Å². The van der Waals surface area contributed by atoms with Gasteiger partial charge in [0, 0.05) is 31.9 Å². The Balaban J connectivity index is 1.70. The fourth-order valence-corrected chi connectivity index (χ4v) is 2.64. The normalized spacial score (nSPS) is 20.7. The topological polar surface area (TPSA) is 24.5 Å². The van der Waals surface area contributed by atoms with Gasteiger partial charge in [0.1, 0.15) is 0 Å². The van der Waals surface area contributed by atoms with Crippen LogP contribution < -0.4 is 5.32 Å². The van der Waals surface area contributed by atoms with Crippen LogP contribution in [0.25, 0.3) is 0 Å². The number of anilines is 1. The fourth-order valence-electron chi connectivity index (χ4n) is 2.64. The summed E-state index contributed by atoms with van der Waals surface area (Å²) in [7, 11) is 0. The number of hydrogen-bond donors (Lipinski definition) is 1. The molecule has 1 aromatic rings. The molecule has 1 aromatic carbocycles. The van der Waals surface area contributed by atoms with Crippen LogP contribution in [0.5, 0.6) is 0 Å². The lowest BCUT2D eigenvalue weighted by atomic mass is 10.0. The van der Waals surface area contributed by atoms with Crippen LogP contribution in [0.1, 0.15) is 17.5 Å². The lowest BCUT2D eigenvalue weighted by molar-refractivity contribution is 0.0342. The Kier molecular flexibility index (Phi) is 3.29. The smallest absolute Gasteiger partial charge is 0.0594 e. The number of rotatable bonds is 2. The first-order valence-corrected chi connectivity index (χ1v) is 6.57. The summed E-state index contributed by atoms with van der Waals surface area (Å²) < 4.78 is 5.38. The molecule has 2 aliphatic heterocycles. The predicted octanol–water partition coefficient (Wildman–Crippen LogP) is 1.88. The Morgan fingerprint density at radius 1 is 1.24 bits per heavy atom. The summed E-state index contributed by atoms with van der Waals surface area (Å²) in [6.07, 6.45) is 2.48. The summed E-state index contributed by atoms with van der Waals surface area (Å²) in [5.74, 6) is 0. The molecule has 3 rings (SSSR count). The van der Waals surface area contributed by atoms with Crippen molar-refractivity contribution in [1.29, 1.82) is 0 Å². The molecule has 17 heavy (non-hydrogen) atoms. The zero-order valence-corrected chi connectivity index (χ0v) is 10.2. The van der Waals surface area contributed by atoms with Crippen molar-refractivity contribution in [3.63, 3.8) is 0 Å². The van der Waals surface area contributed by atoms with E-state index in [1.54, 1.807) is 0 Å². The molecule has 92 valence electrons. The second kappa shape index (κ2) is 5.07. The van der Waals surface area contributed by atoms with E-state index in [4.69, 9.17) is 4.74 Å². The molecule has 0 saturated carbocycles. The molecule has 0 atom stereocenters. The molecule has 0 aliphatic carbocycles. The molecule has 2 heterocycles. The highest BCUT2D eigenvalue weighted by Crippen LogP contribution is 2.23. The van der Waals surface area contributed by atoms with Crippen LogP contribution in [0.4, 0.5) is 5.69 Å². The molecule has 0 unspecified atom stereocenters. The standard InChI is InChI=1S/C14H20N2O/c1-2-13-10-12(3-4-14(13)15-5-1)11-16-6-8-17-9-7-16/h3-4,10,15H,1-2,5-9,11H2. The van der Waals surface area contributed by atoms with Gasteiger partial charge in [-0.3, -0.25) is 4.90 Å². The summed E-state index contributed by atoms with van der Waals surface area (Å²) in [6, 6.07) is 6.87. The summed E-state index contributed by atoms with van der Waals surface area (Å²) >= 11 is 0. The molecule has 3 nitrogen and oxygen atoms in total. The zero-order chi connectivity index (χ0) is 11.5. The molecule has 1 fully saturated rings. The molecule has 0 spiro atoms. The molecule has 0 bridgehead atoms. The maximum absolute atomic E-state index is 5.38. The number of fused-ring (bicyclic) bond motifs is 1. The average molecular weight is 232 g/mol. The Hall–Kier alpha value is -1.06. The highest BCUT2D eigenvalue weighted by Gasteiger charge is 2.13. The first-order chi connectivity index (χ1) is 8.42. The number of ether oxygens (including phenoxy) is 1. The fraction of sp³-hybridized carbons (Fsp3) is 0.571. The van der Waals surface area contributed by atoms with Gasteiger partial charge in [-0.2, -0.15) is 0 Å². The van der Waals surface area contributed by atoms with Crippen LogP contribution in [-0.2, 0) is 17.7 Å². The van der Waals surface area contributed by atoms with Crippen molar-refractivity contribution >= 4 is 5.69 Å². The van der Waals surface area contributed by atoms with E-state index in [0.717, 1.165) is 39.4 Å². The van der Waals surface area contributed by atoms with Gasteiger partial charge in [0.05, 0.1) is 13.2 Å². The largest absolute Gasteiger partial charge is 0.385 e. The third-order valence-electron chi connectivity index (χ3n) is 3.62. The Bertz CT molecular complexity index is 386. The van der Waals surface area contributed by atoms with E-state index in [1.165, 1.54) is 29.7 Å². The highest BCUT2D eigenvalue weighted by atomic mass is 16.5. The number of aryl methyl sites for hydroxylation is 1. The van der Waals surface area contributed by atoms with Crippen molar-refractivity contribution in [3.05, 3.63) is 29.3 Å². The molecule has 1 N–H and O–H groups in total. The Labute approximate surface area is 103 Å². The van der Waals surface area contributed by atoms with E-state index >= 15 is 0 Å². The second-order valence-electron chi connectivity index (χ2n) is 4.91. The van der Waals surface area contributed by atoms with E-state index in [-0.39, 0.29) is 0 Å². The van der Waals surface area contributed by atoms with Gasteiger partial charge in [-0.05, 0) is 30.0 Å². The molecular formula is C14H20N2O. The Morgan fingerprint density at radius 3 is 3.00 bits per heavy atom. The number of hydrogen-bond acceptors (Lipinski definition) is 3. The summed E-state index contributed by atoms with van der Waals surface area (Å²) in [5, 5.41) is 3.46.